The summed E-state index contributed by atoms with van der Waals surface area (Å²) in [7, 11) is 0. The fraction of sp³-hybridized carbons (Fsp3) is 0.381. The minimum atomic E-state index is -0.284. The quantitative estimate of drug-likeness (QED) is 0.758. The van der Waals surface area contributed by atoms with Crippen LogP contribution in [0.3, 0.4) is 0 Å². The first kappa shape index (κ1) is 18.4. The molecule has 1 unspecified atom stereocenters. The van der Waals surface area contributed by atoms with Gasteiger partial charge in [-0.2, -0.15) is 0 Å². The van der Waals surface area contributed by atoms with E-state index in [2.05, 4.69) is 0 Å². The van der Waals surface area contributed by atoms with Crippen molar-refractivity contribution in [2.75, 3.05) is 19.8 Å². The zero-order valence-corrected chi connectivity index (χ0v) is 15.0. The summed E-state index contributed by atoms with van der Waals surface area (Å²) < 4.78 is 24.4. The van der Waals surface area contributed by atoms with E-state index < -0.39 is 0 Å². The molecule has 2 aromatic carbocycles. The van der Waals surface area contributed by atoms with Gasteiger partial charge in [-0.3, -0.25) is 4.79 Å². The first-order valence-corrected chi connectivity index (χ1v) is 8.93. The third kappa shape index (κ3) is 5.30. The summed E-state index contributed by atoms with van der Waals surface area (Å²) in [5.41, 5.74) is 2.02. The molecule has 2 aromatic rings. The highest BCUT2D eigenvalue weighted by atomic mass is 19.1. The normalized spacial score (nSPS) is 16.5. The SMILES string of the molecule is Cc1ccc(OCC(=O)N(Cc2ccc(F)cc2)CC2CCCO2)cc1. The highest BCUT2D eigenvalue weighted by molar-refractivity contribution is 5.77. The molecule has 0 radical (unpaired) electrons. The maximum Gasteiger partial charge on any atom is 0.260 e. The van der Waals surface area contributed by atoms with Crippen LogP contribution in [0.4, 0.5) is 4.39 Å². The van der Waals surface area contributed by atoms with Crippen LogP contribution < -0.4 is 4.74 Å². The molecular weight excluding hydrogens is 333 g/mol. The maximum atomic E-state index is 13.1. The molecule has 0 saturated carbocycles. The lowest BCUT2D eigenvalue weighted by Crippen LogP contribution is -2.39. The number of carbonyl (C=O) groups excluding carboxylic acids is 1. The van der Waals surface area contributed by atoms with Crippen LogP contribution in [0.15, 0.2) is 48.5 Å². The molecule has 1 atom stereocenters. The molecule has 1 aliphatic heterocycles. The van der Waals surface area contributed by atoms with Gasteiger partial charge >= 0.3 is 0 Å². The van der Waals surface area contributed by atoms with Gasteiger partial charge in [0.2, 0.25) is 0 Å². The Hall–Kier alpha value is -2.40. The summed E-state index contributed by atoms with van der Waals surface area (Å²) in [6.45, 7) is 3.64. The van der Waals surface area contributed by atoms with Crippen molar-refractivity contribution in [3.05, 3.63) is 65.5 Å². The van der Waals surface area contributed by atoms with Gasteiger partial charge in [-0.1, -0.05) is 29.8 Å². The van der Waals surface area contributed by atoms with Crippen molar-refractivity contribution >= 4 is 5.91 Å². The smallest absolute Gasteiger partial charge is 0.260 e. The molecule has 1 fully saturated rings. The number of ether oxygens (including phenoxy) is 2. The van der Waals surface area contributed by atoms with E-state index in [1.54, 1.807) is 17.0 Å². The van der Waals surface area contributed by atoms with Crippen molar-refractivity contribution in [1.29, 1.82) is 0 Å². The molecule has 0 N–H and O–H groups in total. The Kier molecular flexibility index (Phi) is 6.23. The van der Waals surface area contributed by atoms with Crippen LogP contribution in [0.2, 0.25) is 0 Å². The number of hydrogen-bond acceptors (Lipinski definition) is 3. The minimum absolute atomic E-state index is 0.0308. The second kappa shape index (κ2) is 8.81. The van der Waals surface area contributed by atoms with Crippen LogP contribution >= 0.6 is 0 Å². The summed E-state index contributed by atoms with van der Waals surface area (Å²) in [5, 5.41) is 0. The van der Waals surface area contributed by atoms with Crippen LogP contribution in [-0.2, 0) is 16.1 Å². The van der Waals surface area contributed by atoms with Crippen LogP contribution in [0.25, 0.3) is 0 Å². The van der Waals surface area contributed by atoms with Crippen molar-refractivity contribution in [2.45, 2.75) is 32.4 Å². The van der Waals surface area contributed by atoms with Crippen LogP contribution in [0.1, 0.15) is 24.0 Å². The summed E-state index contributed by atoms with van der Waals surface area (Å²) in [4.78, 5) is 14.4. The van der Waals surface area contributed by atoms with E-state index in [0.29, 0.717) is 18.8 Å². The predicted octanol–water partition coefficient (Wildman–Crippen LogP) is 3.72. The van der Waals surface area contributed by atoms with E-state index in [1.807, 2.05) is 31.2 Å². The van der Waals surface area contributed by atoms with Crippen molar-refractivity contribution in [3.63, 3.8) is 0 Å². The van der Waals surface area contributed by atoms with Gasteiger partial charge < -0.3 is 14.4 Å². The Labute approximate surface area is 153 Å². The first-order valence-electron chi connectivity index (χ1n) is 8.93. The molecule has 1 amide bonds. The van der Waals surface area contributed by atoms with Crippen molar-refractivity contribution in [1.82, 2.24) is 4.90 Å². The van der Waals surface area contributed by atoms with E-state index in [0.717, 1.165) is 30.6 Å². The fourth-order valence-corrected chi connectivity index (χ4v) is 2.97. The number of nitrogens with zero attached hydrogens (tertiary/aromatic N) is 1. The Morgan fingerprint density at radius 2 is 1.92 bits per heavy atom. The van der Waals surface area contributed by atoms with Gasteiger partial charge in [-0.15, -0.1) is 0 Å². The van der Waals surface area contributed by atoms with Gasteiger partial charge in [-0.05, 0) is 49.6 Å². The van der Waals surface area contributed by atoms with Gasteiger partial charge in [-0.25, -0.2) is 4.39 Å². The third-order valence-electron chi connectivity index (χ3n) is 4.47. The first-order chi connectivity index (χ1) is 12.6. The lowest BCUT2D eigenvalue weighted by atomic mass is 10.1. The van der Waals surface area contributed by atoms with E-state index in [1.165, 1.54) is 12.1 Å². The number of benzene rings is 2. The Balaban J connectivity index is 1.63. The van der Waals surface area contributed by atoms with Gasteiger partial charge in [0.25, 0.3) is 5.91 Å². The zero-order valence-electron chi connectivity index (χ0n) is 15.0. The molecule has 1 aliphatic rings. The fourth-order valence-electron chi connectivity index (χ4n) is 2.97. The summed E-state index contributed by atoms with van der Waals surface area (Å²) in [5.74, 6) is 0.279. The lowest BCUT2D eigenvalue weighted by molar-refractivity contribution is -0.135. The van der Waals surface area contributed by atoms with Crippen molar-refractivity contribution in [2.24, 2.45) is 0 Å². The van der Waals surface area contributed by atoms with Crippen molar-refractivity contribution in [3.8, 4) is 5.75 Å². The number of halogens is 1. The number of aryl methyl sites for hydroxylation is 1. The molecule has 0 aliphatic carbocycles. The number of hydrogen-bond donors (Lipinski definition) is 0. The van der Waals surface area contributed by atoms with E-state index in [9.17, 15) is 9.18 Å². The average Bonchev–Trinajstić information content (AvgIpc) is 3.15. The Morgan fingerprint density at radius 3 is 2.58 bits per heavy atom. The van der Waals surface area contributed by atoms with E-state index >= 15 is 0 Å². The Morgan fingerprint density at radius 1 is 1.19 bits per heavy atom. The third-order valence-corrected chi connectivity index (χ3v) is 4.47. The van der Waals surface area contributed by atoms with Gasteiger partial charge in [0.1, 0.15) is 11.6 Å². The average molecular weight is 357 g/mol. The monoisotopic (exact) mass is 357 g/mol. The molecular formula is C21H24FNO3. The predicted molar refractivity (Wildman–Crippen MR) is 97.5 cm³/mol. The second-order valence-corrected chi connectivity index (χ2v) is 6.64. The molecule has 138 valence electrons. The molecule has 1 saturated heterocycles. The molecule has 4 nitrogen and oxygen atoms in total. The summed E-state index contributed by atoms with van der Waals surface area (Å²) >= 11 is 0. The lowest BCUT2D eigenvalue weighted by Gasteiger charge is -2.25. The minimum Gasteiger partial charge on any atom is -0.484 e. The molecule has 0 aromatic heterocycles. The summed E-state index contributed by atoms with van der Waals surface area (Å²) in [6.07, 6.45) is 2.02. The van der Waals surface area contributed by atoms with Crippen LogP contribution in [0, 0.1) is 12.7 Å². The van der Waals surface area contributed by atoms with Crippen molar-refractivity contribution < 1.29 is 18.7 Å². The van der Waals surface area contributed by atoms with Gasteiger partial charge in [0.05, 0.1) is 6.10 Å². The number of rotatable bonds is 7. The highest BCUT2D eigenvalue weighted by Crippen LogP contribution is 2.17. The molecule has 3 rings (SSSR count). The van der Waals surface area contributed by atoms with Crippen LogP contribution in [-0.4, -0.2) is 36.7 Å². The Bertz CT molecular complexity index is 709. The maximum absolute atomic E-state index is 13.1. The molecule has 1 heterocycles. The van der Waals surface area contributed by atoms with Gasteiger partial charge in [0.15, 0.2) is 6.61 Å². The molecule has 0 bridgehead atoms. The molecule has 26 heavy (non-hydrogen) atoms. The van der Waals surface area contributed by atoms with E-state index in [-0.39, 0.29) is 24.4 Å². The zero-order chi connectivity index (χ0) is 18.4. The standard InChI is InChI=1S/C21H24FNO3/c1-16-4-10-19(11-5-16)26-15-21(24)23(14-20-3-2-12-25-20)13-17-6-8-18(22)9-7-17/h4-11,20H,2-3,12-15H2,1H3. The van der Waals surface area contributed by atoms with Crippen LogP contribution in [0.5, 0.6) is 5.75 Å². The molecule has 0 spiro atoms. The summed E-state index contributed by atoms with van der Waals surface area (Å²) in [6, 6.07) is 13.8. The van der Waals surface area contributed by atoms with E-state index in [4.69, 9.17) is 9.47 Å². The molecule has 5 heteroatoms. The number of amides is 1. The second-order valence-electron chi connectivity index (χ2n) is 6.64. The topological polar surface area (TPSA) is 38.8 Å². The number of carbonyl (C=O) groups is 1. The largest absolute Gasteiger partial charge is 0.484 e. The highest BCUT2D eigenvalue weighted by Gasteiger charge is 2.23. The van der Waals surface area contributed by atoms with Gasteiger partial charge in [0, 0.05) is 19.7 Å².